The maximum absolute atomic E-state index is 11.6. The van der Waals surface area contributed by atoms with Crippen LogP contribution in [0.4, 0.5) is 0 Å². The maximum Gasteiger partial charge on any atom is 0.242 e. The lowest BCUT2D eigenvalue weighted by Crippen LogP contribution is -2.30. The summed E-state index contributed by atoms with van der Waals surface area (Å²) < 4.78 is 4.48. The highest BCUT2D eigenvalue weighted by molar-refractivity contribution is 8.16. The van der Waals surface area contributed by atoms with Gasteiger partial charge >= 0.3 is 0 Å². The molecule has 6 nitrogen and oxygen atoms in total. The molecule has 1 aromatic carbocycles. The Labute approximate surface area is 120 Å². The summed E-state index contributed by atoms with van der Waals surface area (Å²) in [7, 11) is 1.48. The largest absolute Gasteiger partial charge is 0.504 e. The highest BCUT2D eigenvalue weighted by atomic mass is 32.2. The number of carbonyl (C=O) groups excluding carboxylic acids is 1. The van der Waals surface area contributed by atoms with Crippen molar-refractivity contribution in [3.63, 3.8) is 0 Å². The van der Waals surface area contributed by atoms with E-state index in [4.69, 9.17) is 4.74 Å². The molecule has 0 unspecified atom stereocenters. The number of rotatable bonds is 3. The second kappa shape index (κ2) is 5.54. The molecule has 20 heavy (non-hydrogen) atoms. The van der Waals surface area contributed by atoms with Gasteiger partial charge in [-0.15, -0.1) is 5.10 Å². The molecule has 2 rings (SSSR count). The van der Waals surface area contributed by atoms with Crippen molar-refractivity contribution in [1.29, 1.82) is 0 Å². The van der Waals surface area contributed by atoms with Crippen LogP contribution in [0.3, 0.4) is 0 Å². The highest BCUT2D eigenvalue weighted by Gasteiger charge is 2.38. The van der Waals surface area contributed by atoms with Crippen LogP contribution >= 0.6 is 11.8 Å². The molecule has 106 valence electrons. The van der Waals surface area contributed by atoms with Crippen LogP contribution in [0.15, 0.2) is 28.4 Å². The molecule has 1 aromatic rings. The van der Waals surface area contributed by atoms with Gasteiger partial charge in [0.2, 0.25) is 5.91 Å². The first kappa shape index (κ1) is 14.4. The minimum absolute atomic E-state index is 0.0660. The Balaban J connectivity index is 2.09. The molecular weight excluding hydrogens is 278 g/mol. The van der Waals surface area contributed by atoms with Crippen molar-refractivity contribution in [2.75, 3.05) is 7.11 Å². The lowest BCUT2D eigenvalue weighted by atomic mass is 10.2. The smallest absolute Gasteiger partial charge is 0.242 e. The summed E-state index contributed by atoms with van der Waals surface area (Å²) in [5.41, 5.74) is 0.734. The zero-order chi connectivity index (χ0) is 14.8. The fourth-order valence-electron chi connectivity index (χ4n) is 1.53. The first-order valence-corrected chi connectivity index (χ1v) is 6.72. The minimum Gasteiger partial charge on any atom is -0.504 e. The number of hydrogen-bond donors (Lipinski definition) is 2. The number of ether oxygens (including phenoxy) is 1. The molecule has 1 aliphatic heterocycles. The lowest BCUT2D eigenvalue weighted by Gasteiger charge is -2.08. The first-order valence-electron chi connectivity index (χ1n) is 5.91. The van der Waals surface area contributed by atoms with Gasteiger partial charge in [-0.2, -0.15) is 5.10 Å². The number of phenolic OH excluding ortho intramolecular Hbond substituents is 1. The number of carbonyl (C=O) groups is 1. The Hall–Kier alpha value is -2.02. The van der Waals surface area contributed by atoms with Gasteiger partial charge in [-0.05, 0) is 37.6 Å². The Morgan fingerprint density at radius 3 is 2.80 bits per heavy atom. The van der Waals surface area contributed by atoms with Crippen molar-refractivity contribution < 1.29 is 14.6 Å². The molecule has 1 fully saturated rings. The molecule has 0 aromatic heterocycles. The van der Waals surface area contributed by atoms with E-state index in [1.807, 2.05) is 13.8 Å². The van der Waals surface area contributed by atoms with Gasteiger partial charge in [0.1, 0.15) is 0 Å². The van der Waals surface area contributed by atoms with Crippen LogP contribution in [-0.2, 0) is 4.79 Å². The minimum atomic E-state index is -0.518. The number of nitrogens with zero attached hydrogens (tertiary/aromatic N) is 2. The molecule has 0 radical (unpaired) electrons. The fourth-order valence-corrected chi connectivity index (χ4v) is 2.39. The molecule has 0 bridgehead atoms. The molecule has 0 saturated carbocycles. The number of benzene rings is 1. The molecule has 7 heteroatoms. The van der Waals surface area contributed by atoms with Crippen LogP contribution in [-0.4, -0.2) is 34.3 Å². The molecular formula is C13H15N3O3S. The number of phenols is 1. The average Bonchev–Trinajstić information content (AvgIpc) is 2.65. The van der Waals surface area contributed by atoms with Gasteiger partial charge in [0.05, 0.1) is 18.1 Å². The van der Waals surface area contributed by atoms with Crippen molar-refractivity contribution in [2.45, 2.75) is 18.6 Å². The zero-order valence-electron chi connectivity index (χ0n) is 11.4. The van der Waals surface area contributed by atoms with E-state index in [1.54, 1.807) is 12.1 Å². The number of aromatic hydroxyl groups is 1. The van der Waals surface area contributed by atoms with Crippen LogP contribution in [0.1, 0.15) is 19.4 Å². The second-order valence-corrected chi connectivity index (χ2v) is 6.26. The summed E-state index contributed by atoms with van der Waals surface area (Å²) in [6, 6.07) is 4.84. The topological polar surface area (TPSA) is 83.3 Å². The van der Waals surface area contributed by atoms with Crippen LogP contribution < -0.4 is 10.1 Å². The van der Waals surface area contributed by atoms with Gasteiger partial charge in [-0.3, -0.25) is 4.79 Å². The highest BCUT2D eigenvalue weighted by Crippen LogP contribution is 2.30. The third-order valence-corrected chi connectivity index (χ3v) is 3.75. The molecule has 2 N–H and O–H groups in total. The Kier molecular flexibility index (Phi) is 3.99. The molecule has 1 heterocycles. The first-order chi connectivity index (χ1) is 9.42. The zero-order valence-corrected chi connectivity index (χ0v) is 12.2. The number of amidine groups is 1. The fraction of sp³-hybridized carbons (Fsp3) is 0.308. The van der Waals surface area contributed by atoms with Crippen LogP contribution in [0.25, 0.3) is 0 Å². The third kappa shape index (κ3) is 3.11. The van der Waals surface area contributed by atoms with E-state index in [0.717, 1.165) is 5.56 Å². The number of methoxy groups -OCH3 is 1. The molecule has 0 atom stereocenters. The van der Waals surface area contributed by atoms with E-state index < -0.39 is 4.75 Å². The number of hydrogen-bond acceptors (Lipinski definition) is 6. The van der Waals surface area contributed by atoms with Gasteiger partial charge in [0.25, 0.3) is 0 Å². The lowest BCUT2D eigenvalue weighted by molar-refractivity contribution is -0.120. The monoisotopic (exact) mass is 293 g/mol. The summed E-state index contributed by atoms with van der Waals surface area (Å²) >= 11 is 1.33. The third-order valence-electron chi connectivity index (χ3n) is 2.68. The van der Waals surface area contributed by atoms with E-state index in [1.165, 1.54) is 31.2 Å². The van der Waals surface area contributed by atoms with Gasteiger partial charge < -0.3 is 15.2 Å². The van der Waals surface area contributed by atoms with Crippen molar-refractivity contribution in [1.82, 2.24) is 5.32 Å². The SMILES string of the molecule is COc1cc(/C=N/N=C2\NC(=O)C(C)(C)S2)ccc1O. The Morgan fingerprint density at radius 2 is 2.20 bits per heavy atom. The second-order valence-electron chi connectivity index (χ2n) is 4.65. The van der Waals surface area contributed by atoms with Crippen LogP contribution in [0.2, 0.25) is 0 Å². The van der Waals surface area contributed by atoms with Gasteiger partial charge in [0, 0.05) is 0 Å². The number of amides is 1. The predicted octanol–water partition coefficient (Wildman–Crippen LogP) is 1.73. The van der Waals surface area contributed by atoms with Crippen LogP contribution in [0.5, 0.6) is 11.5 Å². The number of nitrogens with one attached hydrogen (secondary N) is 1. The van der Waals surface area contributed by atoms with E-state index in [9.17, 15) is 9.90 Å². The molecule has 1 amide bonds. The van der Waals surface area contributed by atoms with E-state index >= 15 is 0 Å². The normalized spacial score (nSPS) is 19.6. The van der Waals surface area contributed by atoms with Gasteiger partial charge in [-0.1, -0.05) is 11.8 Å². The summed E-state index contributed by atoms with van der Waals surface area (Å²) in [5.74, 6) is 0.352. The van der Waals surface area contributed by atoms with E-state index in [-0.39, 0.29) is 11.7 Å². The van der Waals surface area contributed by atoms with Crippen molar-refractivity contribution >= 4 is 29.1 Å². The van der Waals surface area contributed by atoms with Crippen molar-refractivity contribution in [2.24, 2.45) is 10.2 Å². The van der Waals surface area contributed by atoms with Gasteiger partial charge in [-0.25, -0.2) is 0 Å². The Morgan fingerprint density at radius 1 is 1.45 bits per heavy atom. The maximum atomic E-state index is 11.6. The molecule has 1 saturated heterocycles. The summed E-state index contributed by atoms with van der Waals surface area (Å²) in [6.07, 6.45) is 1.52. The quantitative estimate of drug-likeness (QED) is 0.656. The van der Waals surface area contributed by atoms with E-state index in [2.05, 4.69) is 15.5 Å². The summed E-state index contributed by atoms with van der Waals surface area (Å²) in [5, 5.41) is 20.5. The average molecular weight is 293 g/mol. The molecule has 0 spiro atoms. The van der Waals surface area contributed by atoms with Crippen molar-refractivity contribution in [3.05, 3.63) is 23.8 Å². The Bertz CT molecular complexity index is 597. The molecule has 0 aliphatic carbocycles. The summed E-state index contributed by atoms with van der Waals surface area (Å²) in [6.45, 7) is 3.65. The molecule has 1 aliphatic rings. The van der Waals surface area contributed by atoms with Crippen LogP contribution in [0, 0.1) is 0 Å². The predicted molar refractivity (Wildman–Crippen MR) is 79.5 cm³/mol. The van der Waals surface area contributed by atoms with Gasteiger partial charge in [0.15, 0.2) is 16.7 Å². The number of thioether (sulfide) groups is 1. The van der Waals surface area contributed by atoms with E-state index in [0.29, 0.717) is 10.9 Å². The standard InChI is InChI=1S/C13H15N3O3S/c1-13(2)11(18)15-12(20-13)16-14-7-8-4-5-9(17)10(6-8)19-3/h4-7,17H,1-3H3,(H,15,16,18)/b14-7+. The van der Waals surface area contributed by atoms with Crippen molar-refractivity contribution in [3.8, 4) is 11.5 Å². The summed E-state index contributed by atoms with van der Waals surface area (Å²) in [4.78, 5) is 11.6.